The first-order valence-electron chi connectivity index (χ1n) is 6.01. The summed E-state index contributed by atoms with van der Waals surface area (Å²) in [7, 11) is 0. The predicted octanol–water partition coefficient (Wildman–Crippen LogP) is 4.41. The number of nitrogens with one attached hydrogen (secondary N) is 1. The van der Waals surface area contributed by atoms with Crippen LogP contribution in [0.5, 0.6) is 0 Å². The summed E-state index contributed by atoms with van der Waals surface area (Å²) in [6.07, 6.45) is 0. The first-order valence-corrected chi connectivity index (χ1v) is 7.27. The Morgan fingerprint density at radius 2 is 2.17 bits per heavy atom. The highest BCUT2D eigenvalue weighted by molar-refractivity contribution is 7.10. The predicted molar refractivity (Wildman–Crippen MR) is 78.7 cm³/mol. The molecule has 2 aromatic heterocycles. The van der Waals surface area contributed by atoms with Crippen molar-refractivity contribution in [2.24, 2.45) is 0 Å². The zero-order chi connectivity index (χ0) is 13.3. The quantitative estimate of drug-likeness (QED) is 0.901. The summed E-state index contributed by atoms with van der Waals surface area (Å²) in [6, 6.07) is 2.38. The summed E-state index contributed by atoms with van der Waals surface area (Å²) in [5, 5.41) is 10.8. The van der Waals surface area contributed by atoms with Crippen LogP contribution in [0.4, 0.5) is 5.69 Å². The molecule has 0 unspecified atom stereocenters. The number of nitrogens with zero attached hydrogens (tertiary/aromatic N) is 2. The van der Waals surface area contributed by atoms with E-state index in [1.165, 1.54) is 10.6 Å². The van der Waals surface area contributed by atoms with Crippen LogP contribution in [0.2, 0.25) is 5.02 Å². The Balaban J connectivity index is 2.14. The summed E-state index contributed by atoms with van der Waals surface area (Å²) >= 11 is 7.59. The van der Waals surface area contributed by atoms with Crippen LogP contribution in [-0.4, -0.2) is 9.78 Å². The molecule has 0 spiro atoms. The van der Waals surface area contributed by atoms with Gasteiger partial charge in [0.2, 0.25) is 0 Å². The maximum absolute atomic E-state index is 5.92. The molecular formula is C13H18ClN3S. The van der Waals surface area contributed by atoms with Crippen LogP contribution in [-0.2, 0) is 6.54 Å². The normalized spacial score (nSPS) is 11.2. The zero-order valence-electron chi connectivity index (χ0n) is 11.1. The van der Waals surface area contributed by atoms with Gasteiger partial charge < -0.3 is 5.32 Å². The highest BCUT2D eigenvalue weighted by Gasteiger charge is 2.13. The van der Waals surface area contributed by atoms with Crippen LogP contribution >= 0.6 is 22.9 Å². The number of hydrogen-bond donors (Lipinski definition) is 1. The second kappa shape index (κ2) is 5.33. The monoisotopic (exact) mass is 283 g/mol. The van der Waals surface area contributed by atoms with E-state index in [0.29, 0.717) is 6.04 Å². The molecule has 0 radical (unpaired) electrons. The first kappa shape index (κ1) is 13.4. The van der Waals surface area contributed by atoms with Crippen molar-refractivity contribution in [2.75, 3.05) is 5.32 Å². The third kappa shape index (κ3) is 2.70. The zero-order valence-corrected chi connectivity index (χ0v) is 12.7. The molecule has 0 atom stereocenters. The smallest absolute Gasteiger partial charge is 0.0828 e. The van der Waals surface area contributed by atoms with Crippen molar-refractivity contribution in [1.82, 2.24) is 9.78 Å². The molecule has 0 aliphatic carbocycles. The Morgan fingerprint density at radius 3 is 2.67 bits per heavy atom. The van der Waals surface area contributed by atoms with Gasteiger partial charge in [-0.15, -0.1) is 11.3 Å². The van der Waals surface area contributed by atoms with Crippen molar-refractivity contribution >= 4 is 28.6 Å². The molecule has 1 N–H and O–H groups in total. The summed E-state index contributed by atoms with van der Waals surface area (Å²) in [5.74, 6) is 0. The van der Waals surface area contributed by atoms with E-state index in [0.717, 1.165) is 22.9 Å². The van der Waals surface area contributed by atoms with Gasteiger partial charge in [-0.1, -0.05) is 11.6 Å². The molecule has 2 rings (SSSR count). The molecule has 0 aromatic carbocycles. The van der Waals surface area contributed by atoms with E-state index < -0.39 is 0 Å². The molecule has 3 nitrogen and oxygen atoms in total. The van der Waals surface area contributed by atoms with Gasteiger partial charge in [-0.25, -0.2) is 0 Å². The summed E-state index contributed by atoms with van der Waals surface area (Å²) in [4.78, 5) is 1.23. The van der Waals surface area contributed by atoms with Crippen LogP contribution < -0.4 is 5.32 Å². The van der Waals surface area contributed by atoms with Crippen molar-refractivity contribution < 1.29 is 0 Å². The van der Waals surface area contributed by atoms with Crippen LogP contribution in [0.3, 0.4) is 0 Å². The molecule has 98 valence electrons. The third-order valence-corrected chi connectivity index (χ3v) is 4.16. The lowest BCUT2D eigenvalue weighted by atomic mass is 10.3. The number of halogens is 1. The largest absolute Gasteiger partial charge is 0.377 e. The van der Waals surface area contributed by atoms with Crippen molar-refractivity contribution in [3.05, 3.63) is 32.7 Å². The Morgan fingerprint density at radius 1 is 1.44 bits per heavy atom. The minimum absolute atomic E-state index is 0.385. The standard InChI is InChI=1S/C13H18ClN3S/c1-8(2)17-10(4)13(9(3)16-17)15-6-12-5-11(14)7-18-12/h5,7-8,15H,6H2,1-4H3. The molecule has 0 aliphatic heterocycles. The second-order valence-electron chi connectivity index (χ2n) is 4.67. The maximum Gasteiger partial charge on any atom is 0.0828 e. The third-order valence-electron chi connectivity index (χ3n) is 2.88. The van der Waals surface area contributed by atoms with E-state index in [-0.39, 0.29) is 0 Å². The molecule has 5 heteroatoms. The topological polar surface area (TPSA) is 29.9 Å². The Labute approximate surface area is 117 Å². The van der Waals surface area contributed by atoms with Crippen molar-refractivity contribution in [2.45, 2.75) is 40.3 Å². The molecule has 0 aliphatic rings. The van der Waals surface area contributed by atoms with E-state index in [1.54, 1.807) is 11.3 Å². The molecule has 0 amide bonds. The summed E-state index contributed by atoms with van der Waals surface area (Å²) in [6.45, 7) is 9.22. The number of hydrogen-bond acceptors (Lipinski definition) is 3. The van der Waals surface area contributed by atoms with Gasteiger partial charge in [-0.2, -0.15) is 5.10 Å². The minimum atomic E-state index is 0.385. The molecule has 0 saturated carbocycles. The van der Waals surface area contributed by atoms with Crippen LogP contribution in [0.1, 0.15) is 36.2 Å². The molecular weight excluding hydrogens is 266 g/mol. The van der Waals surface area contributed by atoms with E-state index in [1.807, 2.05) is 18.4 Å². The van der Waals surface area contributed by atoms with Crippen LogP contribution in [0.15, 0.2) is 11.4 Å². The van der Waals surface area contributed by atoms with Gasteiger partial charge in [0.25, 0.3) is 0 Å². The van der Waals surface area contributed by atoms with Gasteiger partial charge in [0.05, 0.1) is 22.1 Å². The van der Waals surface area contributed by atoms with Gasteiger partial charge in [-0.3, -0.25) is 4.68 Å². The fourth-order valence-corrected chi connectivity index (χ4v) is 3.06. The van der Waals surface area contributed by atoms with Crippen LogP contribution in [0.25, 0.3) is 0 Å². The molecule has 2 heterocycles. The van der Waals surface area contributed by atoms with Gasteiger partial charge in [0, 0.05) is 22.8 Å². The summed E-state index contributed by atoms with van der Waals surface area (Å²) in [5.41, 5.74) is 3.36. The lowest BCUT2D eigenvalue weighted by Gasteiger charge is -2.09. The average molecular weight is 284 g/mol. The fourth-order valence-electron chi connectivity index (χ4n) is 2.04. The number of aromatic nitrogens is 2. The first-order chi connectivity index (χ1) is 8.49. The van der Waals surface area contributed by atoms with E-state index in [9.17, 15) is 0 Å². The molecule has 0 fully saturated rings. The van der Waals surface area contributed by atoms with E-state index in [2.05, 4.69) is 35.9 Å². The average Bonchev–Trinajstić information content (AvgIpc) is 2.82. The van der Waals surface area contributed by atoms with Gasteiger partial charge in [-0.05, 0) is 33.8 Å². The van der Waals surface area contributed by atoms with E-state index >= 15 is 0 Å². The SMILES string of the molecule is Cc1nn(C(C)C)c(C)c1NCc1cc(Cl)cs1. The van der Waals surface area contributed by atoms with E-state index in [4.69, 9.17) is 11.6 Å². The van der Waals surface area contributed by atoms with Gasteiger partial charge >= 0.3 is 0 Å². The van der Waals surface area contributed by atoms with Crippen molar-refractivity contribution in [1.29, 1.82) is 0 Å². The lowest BCUT2D eigenvalue weighted by molar-refractivity contribution is 0.516. The number of rotatable bonds is 4. The molecule has 0 bridgehead atoms. The second-order valence-corrected chi connectivity index (χ2v) is 6.10. The highest BCUT2D eigenvalue weighted by atomic mass is 35.5. The number of thiophene rings is 1. The van der Waals surface area contributed by atoms with Crippen molar-refractivity contribution in [3.63, 3.8) is 0 Å². The lowest BCUT2D eigenvalue weighted by Crippen LogP contribution is -2.05. The summed E-state index contributed by atoms with van der Waals surface area (Å²) < 4.78 is 2.05. The number of aryl methyl sites for hydroxylation is 1. The Kier molecular flexibility index (Phi) is 3.97. The number of anilines is 1. The van der Waals surface area contributed by atoms with Gasteiger partial charge in [0.1, 0.15) is 0 Å². The fraction of sp³-hybridized carbons (Fsp3) is 0.462. The van der Waals surface area contributed by atoms with Gasteiger partial charge in [0.15, 0.2) is 0 Å². The Hall–Kier alpha value is -1.000. The highest BCUT2D eigenvalue weighted by Crippen LogP contribution is 2.25. The Bertz CT molecular complexity index is 542. The maximum atomic E-state index is 5.92. The molecule has 18 heavy (non-hydrogen) atoms. The van der Waals surface area contributed by atoms with Crippen molar-refractivity contribution in [3.8, 4) is 0 Å². The molecule has 2 aromatic rings. The molecule has 0 saturated heterocycles. The van der Waals surface area contributed by atoms with Crippen LogP contribution in [0, 0.1) is 13.8 Å². The minimum Gasteiger partial charge on any atom is -0.377 e.